The van der Waals surface area contributed by atoms with Crippen LogP contribution in [0.3, 0.4) is 0 Å². The van der Waals surface area contributed by atoms with Gasteiger partial charge < -0.3 is 19.3 Å². The van der Waals surface area contributed by atoms with Crippen LogP contribution in [0.1, 0.15) is 19.4 Å². The Morgan fingerprint density at radius 1 is 1.44 bits per heavy atom. The number of carbonyl (C=O) groups is 1. The summed E-state index contributed by atoms with van der Waals surface area (Å²) < 4.78 is 15.5. The Hall–Kier alpha value is -1.75. The van der Waals surface area contributed by atoms with Crippen molar-refractivity contribution < 1.29 is 24.1 Å². The molecule has 0 aliphatic carbocycles. The van der Waals surface area contributed by atoms with Crippen LogP contribution < -0.4 is 9.47 Å². The van der Waals surface area contributed by atoms with Crippen molar-refractivity contribution in [2.24, 2.45) is 0 Å². The molecule has 1 aromatic rings. The van der Waals surface area contributed by atoms with Crippen molar-refractivity contribution in [2.45, 2.75) is 26.6 Å². The van der Waals surface area contributed by atoms with Gasteiger partial charge in [0, 0.05) is 5.56 Å². The highest BCUT2D eigenvalue weighted by molar-refractivity contribution is 5.74. The summed E-state index contributed by atoms with van der Waals surface area (Å²) in [6.07, 6.45) is -0.762. The number of esters is 1. The molecular formula is C13H18O5. The molecule has 0 saturated carbocycles. The summed E-state index contributed by atoms with van der Waals surface area (Å²) in [5, 5.41) is 9.27. The number of methoxy groups -OCH3 is 1. The number of carbonyl (C=O) groups excluding carboxylic acids is 1. The predicted octanol–water partition coefficient (Wildman–Crippen LogP) is 1.52. The monoisotopic (exact) mass is 254 g/mol. The smallest absolute Gasteiger partial charge is 0.346 e. The largest absolute Gasteiger partial charge is 0.490 e. The Morgan fingerprint density at radius 3 is 2.72 bits per heavy atom. The molecule has 1 rings (SSSR count). The van der Waals surface area contributed by atoms with Crippen LogP contribution in [0.25, 0.3) is 0 Å². The topological polar surface area (TPSA) is 65.0 Å². The average Bonchev–Trinajstić information content (AvgIpc) is 2.39. The third-order valence-electron chi connectivity index (χ3n) is 2.36. The Bertz CT molecular complexity index is 402. The molecule has 0 heterocycles. The fraction of sp³-hybridized carbons (Fsp3) is 0.462. The van der Waals surface area contributed by atoms with Crippen molar-refractivity contribution in [2.75, 3.05) is 13.7 Å². The minimum absolute atomic E-state index is 0.190. The second-order valence-electron chi connectivity index (χ2n) is 3.62. The highest BCUT2D eigenvalue weighted by Crippen LogP contribution is 2.32. The van der Waals surface area contributed by atoms with Crippen molar-refractivity contribution in [1.82, 2.24) is 0 Å². The van der Waals surface area contributed by atoms with E-state index in [0.29, 0.717) is 23.7 Å². The highest BCUT2D eigenvalue weighted by Gasteiger charge is 2.19. The molecule has 0 aliphatic heterocycles. The standard InChI is InChI=1S/C13H18O5/c1-4-17-11-7-5-6-10(8-14)12(11)18-9(2)13(15)16-3/h5-7,9,14H,4,8H2,1-3H3. The fourth-order valence-corrected chi connectivity index (χ4v) is 1.48. The molecule has 1 atom stereocenters. The number of aliphatic hydroxyl groups is 1. The summed E-state index contributed by atoms with van der Waals surface area (Å²) in [6, 6.07) is 5.19. The van der Waals surface area contributed by atoms with E-state index < -0.39 is 12.1 Å². The molecule has 1 N–H and O–H groups in total. The Balaban J connectivity index is 3.00. The summed E-state index contributed by atoms with van der Waals surface area (Å²) in [6.45, 7) is 3.71. The molecule has 0 bridgehead atoms. The molecule has 0 amide bonds. The van der Waals surface area contributed by atoms with Gasteiger partial charge in [-0.05, 0) is 19.9 Å². The molecule has 0 aliphatic rings. The maximum absolute atomic E-state index is 11.3. The van der Waals surface area contributed by atoms with Gasteiger partial charge in [0.15, 0.2) is 17.6 Å². The third kappa shape index (κ3) is 3.37. The van der Waals surface area contributed by atoms with E-state index in [0.717, 1.165) is 0 Å². The summed E-state index contributed by atoms with van der Waals surface area (Å²) in [5.74, 6) is 0.393. The van der Waals surface area contributed by atoms with Gasteiger partial charge in [-0.25, -0.2) is 4.79 Å². The lowest BCUT2D eigenvalue weighted by atomic mass is 10.2. The Kier molecular flexibility index (Phi) is 5.45. The van der Waals surface area contributed by atoms with E-state index in [1.807, 2.05) is 6.92 Å². The molecule has 5 nitrogen and oxygen atoms in total. The van der Waals surface area contributed by atoms with Gasteiger partial charge in [-0.3, -0.25) is 0 Å². The maximum atomic E-state index is 11.3. The molecule has 0 radical (unpaired) electrons. The maximum Gasteiger partial charge on any atom is 0.346 e. The molecule has 18 heavy (non-hydrogen) atoms. The average molecular weight is 254 g/mol. The zero-order valence-corrected chi connectivity index (χ0v) is 10.8. The Labute approximate surface area is 106 Å². The lowest BCUT2D eigenvalue weighted by Gasteiger charge is -2.18. The van der Waals surface area contributed by atoms with Crippen molar-refractivity contribution in [3.05, 3.63) is 23.8 Å². The number of hydrogen-bond donors (Lipinski definition) is 1. The minimum Gasteiger partial charge on any atom is -0.490 e. The second-order valence-corrected chi connectivity index (χ2v) is 3.62. The first-order valence-electron chi connectivity index (χ1n) is 5.74. The SMILES string of the molecule is CCOc1cccc(CO)c1OC(C)C(=O)OC. The predicted molar refractivity (Wildman–Crippen MR) is 65.6 cm³/mol. The number of para-hydroxylation sites is 1. The first-order valence-corrected chi connectivity index (χ1v) is 5.74. The van der Waals surface area contributed by atoms with E-state index in [9.17, 15) is 9.90 Å². The number of aliphatic hydroxyl groups excluding tert-OH is 1. The third-order valence-corrected chi connectivity index (χ3v) is 2.36. The van der Waals surface area contributed by atoms with Crippen LogP contribution >= 0.6 is 0 Å². The first kappa shape index (κ1) is 14.3. The van der Waals surface area contributed by atoms with Crippen molar-refractivity contribution in [3.8, 4) is 11.5 Å². The Morgan fingerprint density at radius 2 is 2.17 bits per heavy atom. The molecule has 0 saturated heterocycles. The molecule has 100 valence electrons. The molecule has 1 unspecified atom stereocenters. The van der Waals surface area contributed by atoms with E-state index in [-0.39, 0.29) is 6.61 Å². The van der Waals surface area contributed by atoms with Crippen LogP contribution in [0.5, 0.6) is 11.5 Å². The van der Waals surface area contributed by atoms with Gasteiger partial charge in [0.1, 0.15) is 0 Å². The molecule has 5 heteroatoms. The van der Waals surface area contributed by atoms with Crippen LogP contribution in [-0.2, 0) is 16.1 Å². The summed E-state index contributed by atoms with van der Waals surface area (Å²) in [7, 11) is 1.30. The molecule has 0 fully saturated rings. The summed E-state index contributed by atoms with van der Waals surface area (Å²) in [5.41, 5.74) is 0.566. The van der Waals surface area contributed by atoms with Gasteiger partial charge in [0.2, 0.25) is 0 Å². The van der Waals surface area contributed by atoms with E-state index in [1.54, 1.807) is 25.1 Å². The first-order chi connectivity index (χ1) is 8.63. The number of benzene rings is 1. The van der Waals surface area contributed by atoms with Crippen LogP contribution in [0, 0.1) is 0 Å². The van der Waals surface area contributed by atoms with Gasteiger partial charge in [0.25, 0.3) is 0 Å². The highest BCUT2D eigenvalue weighted by atomic mass is 16.6. The number of hydrogen-bond acceptors (Lipinski definition) is 5. The summed E-state index contributed by atoms with van der Waals surface area (Å²) >= 11 is 0. The van der Waals surface area contributed by atoms with E-state index in [2.05, 4.69) is 4.74 Å². The van der Waals surface area contributed by atoms with Crippen molar-refractivity contribution in [3.63, 3.8) is 0 Å². The van der Waals surface area contributed by atoms with Crippen molar-refractivity contribution >= 4 is 5.97 Å². The van der Waals surface area contributed by atoms with E-state index in [1.165, 1.54) is 7.11 Å². The second kappa shape index (κ2) is 6.86. The molecule has 0 spiro atoms. The number of ether oxygens (including phenoxy) is 3. The van der Waals surface area contributed by atoms with E-state index in [4.69, 9.17) is 9.47 Å². The zero-order chi connectivity index (χ0) is 13.5. The summed E-state index contributed by atoms with van der Waals surface area (Å²) in [4.78, 5) is 11.3. The van der Waals surface area contributed by atoms with Crippen LogP contribution in [0.2, 0.25) is 0 Å². The van der Waals surface area contributed by atoms with Crippen LogP contribution in [-0.4, -0.2) is 30.9 Å². The van der Waals surface area contributed by atoms with Crippen LogP contribution in [0.15, 0.2) is 18.2 Å². The van der Waals surface area contributed by atoms with E-state index >= 15 is 0 Å². The van der Waals surface area contributed by atoms with Gasteiger partial charge in [-0.2, -0.15) is 0 Å². The lowest BCUT2D eigenvalue weighted by Crippen LogP contribution is -2.25. The molecule has 1 aromatic carbocycles. The van der Waals surface area contributed by atoms with Crippen LogP contribution in [0.4, 0.5) is 0 Å². The normalized spacial score (nSPS) is 11.8. The van der Waals surface area contributed by atoms with Gasteiger partial charge >= 0.3 is 5.97 Å². The zero-order valence-electron chi connectivity index (χ0n) is 10.8. The number of rotatable bonds is 6. The lowest BCUT2D eigenvalue weighted by molar-refractivity contribution is -0.148. The van der Waals surface area contributed by atoms with Gasteiger partial charge in [0.05, 0.1) is 20.3 Å². The van der Waals surface area contributed by atoms with Gasteiger partial charge in [-0.15, -0.1) is 0 Å². The van der Waals surface area contributed by atoms with Gasteiger partial charge in [-0.1, -0.05) is 12.1 Å². The fourth-order valence-electron chi connectivity index (χ4n) is 1.48. The minimum atomic E-state index is -0.762. The van der Waals surface area contributed by atoms with Crippen molar-refractivity contribution in [1.29, 1.82) is 0 Å². The molecular weight excluding hydrogens is 236 g/mol. The molecule has 0 aromatic heterocycles. The quantitative estimate of drug-likeness (QED) is 0.780.